The lowest BCUT2D eigenvalue weighted by atomic mass is 9.75. The number of carbonyl (C=O) groups is 1. The van der Waals surface area contributed by atoms with Crippen LogP contribution in [0.5, 0.6) is 11.5 Å². The minimum atomic E-state index is -1.31. The van der Waals surface area contributed by atoms with Gasteiger partial charge < -0.3 is 14.2 Å². The average Bonchev–Trinajstić information content (AvgIpc) is 3.06. The summed E-state index contributed by atoms with van der Waals surface area (Å²) in [6.45, 7) is 3.99. The third-order valence-electron chi connectivity index (χ3n) is 8.81. The van der Waals surface area contributed by atoms with Crippen LogP contribution >= 0.6 is 0 Å². The third kappa shape index (κ3) is 6.90. The van der Waals surface area contributed by atoms with E-state index in [4.69, 9.17) is 14.2 Å². The van der Waals surface area contributed by atoms with Gasteiger partial charge in [0.2, 0.25) is 11.6 Å². The molecule has 2 aliphatic rings. The number of hydrogen-bond acceptors (Lipinski definition) is 4. The van der Waals surface area contributed by atoms with Crippen molar-refractivity contribution in [3.63, 3.8) is 0 Å². The van der Waals surface area contributed by atoms with Crippen molar-refractivity contribution in [3.8, 4) is 11.5 Å². The molecule has 1 unspecified atom stereocenters. The van der Waals surface area contributed by atoms with E-state index in [1.807, 2.05) is 6.92 Å². The second-order valence-corrected chi connectivity index (χ2v) is 11.7. The fraction of sp³-hybridized carbons (Fsp3) is 0.417. The second-order valence-electron chi connectivity index (χ2n) is 11.7. The summed E-state index contributed by atoms with van der Waals surface area (Å²) in [5.41, 5.74) is 0.475. The van der Waals surface area contributed by atoms with Crippen LogP contribution in [0, 0.1) is 34.9 Å². The molecule has 3 aromatic rings. The molecule has 0 aromatic heterocycles. The number of rotatable bonds is 10. The van der Waals surface area contributed by atoms with E-state index >= 15 is 8.78 Å². The first-order valence-corrected chi connectivity index (χ1v) is 15.7. The van der Waals surface area contributed by atoms with Gasteiger partial charge in [0.1, 0.15) is 6.10 Å². The van der Waals surface area contributed by atoms with E-state index in [-0.39, 0.29) is 72.5 Å². The molecule has 1 saturated carbocycles. The van der Waals surface area contributed by atoms with Crippen LogP contribution in [0.4, 0.5) is 26.3 Å². The molecule has 0 aliphatic heterocycles. The van der Waals surface area contributed by atoms with E-state index in [9.17, 15) is 22.4 Å². The first kappa shape index (κ1) is 33.4. The van der Waals surface area contributed by atoms with E-state index in [0.29, 0.717) is 37.7 Å². The van der Waals surface area contributed by atoms with Gasteiger partial charge in [-0.05, 0) is 105 Å². The highest BCUT2D eigenvalue weighted by atomic mass is 19.2. The molecule has 5 rings (SSSR count). The Kier molecular flexibility index (Phi) is 10.6. The lowest BCUT2D eigenvalue weighted by molar-refractivity contribution is 0.0278. The molecule has 10 heteroatoms. The van der Waals surface area contributed by atoms with E-state index < -0.39 is 52.5 Å². The highest BCUT2D eigenvalue weighted by Gasteiger charge is 2.31. The molecule has 0 radical (unpaired) electrons. The molecular weight excluding hydrogens is 610 g/mol. The van der Waals surface area contributed by atoms with E-state index in [2.05, 4.69) is 0 Å². The van der Waals surface area contributed by atoms with E-state index in [1.54, 1.807) is 13.0 Å². The Morgan fingerprint density at radius 2 is 1.28 bits per heavy atom. The Labute approximate surface area is 264 Å². The lowest BCUT2D eigenvalue weighted by Crippen LogP contribution is -2.22. The summed E-state index contributed by atoms with van der Waals surface area (Å²) in [5, 5.41) is 0. The van der Waals surface area contributed by atoms with Gasteiger partial charge in [-0.1, -0.05) is 25.1 Å². The monoisotopic (exact) mass is 646 g/mol. The fourth-order valence-corrected chi connectivity index (χ4v) is 6.36. The number of allylic oxidation sites excluding steroid dienone is 1. The van der Waals surface area contributed by atoms with Gasteiger partial charge in [0.05, 0.1) is 18.8 Å². The maximum absolute atomic E-state index is 15.3. The summed E-state index contributed by atoms with van der Waals surface area (Å²) in [5.74, 6) is -8.46. The minimum absolute atomic E-state index is 0.0978. The van der Waals surface area contributed by atoms with Crippen molar-refractivity contribution in [3.05, 3.63) is 99.6 Å². The molecule has 246 valence electrons. The van der Waals surface area contributed by atoms with Gasteiger partial charge in [0, 0.05) is 12.0 Å². The third-order valence-corrected chi connectivity index (χ3v) is 8.81. The molecule has 46 heavy (non-hydrogen) atoms. The predicted octanol–water partition coefficient (Wildman–Crippen LogP) is 9.94. The van der Waals surface area contributed by atoms with Crippen molar-refractivity contribution in [2.75, 3.05) is 13.2 Å². The van der Waals surface area contributed by atoms with Crippen molar-refractivity contribution in [1.29, 1.82) is 0 Å². The zero-order valence-corrected chi connectivity index (χ0v) is 25.7. The smallest absolute Gasteiger partial charge is 0.341 e. The summed E-state index contributed by atoms with van der Waals surface area (Å²) < 4.78 is 105. The summed E-state index contributed by atoms with van der Waals surface area (Å²) in [4.78, 5) is 12.8. The first-order valence-electron chi connectivity index (χ1n) is 15.7. The highest BCUT2D eigenvalue weighted by molar-refractivity contribution is 5.90. The van der Waals surface area contributed by atoms with Crippen LogP contribution in [0.1, 0.15) is 104 Å². The van der Waals surface area contributed by atoms with Gasteiger partial charge in [0.15, 0.2) is 34.8 Å². The topological polar surface area (TPSA) is 44.8 Å². The molecule has 1 atom stereocenters. The van der Waals surface area contributed by atoms with Gasteiger partial charge in [-0.2, -0.15) is 8.78 Å². The molecular formula is C36H36F6O4. The summed E-state index contributed by atoms with van der Waals surface area (Å²) in [6.07, 6.45) is 4.16. The molecule has 3 aromatic carbocycles. The number of benzene rings is 3. The van der Waals surface area contributed by atoms with E-state index in [0.717, 1.165) is 0 Å². The van der Waals surface area contributed by atoms with Gasteiger partial charge >= 0.3 is 5.97 Å². The van der Waals surface area contributed by atoms with Gasteiger partial charge in [0.25, 0.3) is 0 Å². The lowest BCUT2D eigenvalue weighted by Gasteiger charge is -2.30. The van der Waals surface area contributed by atoms with Crippen molar-refractivity contribution in [2.24, 2.45) is 0 Å². The zero-order valence-electron chi connectivity index (χ0n) is 25.7. The number of halogens is 6. The van der Waals surface area contributed by atoms with Crippen molar-refractivity contribution in [2.45, 2.75) is 83.2 Å². The van der Waals surface area contributed by atoms with Crippen LogP contribution in [0.15, 0.2) is 42.5 Å². The van der Waals surface area contributed by atoms with Crippen LogP contribution < -0.4 is 9.47 Å². The van der Waals surface area contributed by atoms with Crippen molar-refractivity contribution >= 4 is 11.5 Å². The quantitative estimate of drug-likeness (QED) is 0.163. The van der Waals surface area contributed by atoms with Crippen LogP contribution in [0.3, 0.4) is 0 Å². The van der Waals surface area contributed by atoms with Crippen molar-refractivity contribution < 1.29 is 45.3 Å². The van der Waals surface area contributed by atoms with Crippen molar-refractivity contribution in [1.82, 2.24) is 0 Å². The Morgan fingerprint density at radius 1 is 0.696 bits per heavy atom. The Hall–Kier alpha value is -3.95. The SMILES string of the molecule is CCCOc1ccc(C2=CCC(OC(=O)c3ccc(C4CCC(c5ccc(OCC)c(F)c5F)CC4)c(F)c3F)CC2)c(F)c1F. The highest BCUT2D eigenvalue weighted by Crippen LogP contribution is 2.43. The second kappa shape index (κ2) is 14.6. The van der Waals surface area contributed by atoms with Crippen LogP contribution in [0.25, 0.3) is 5.57 Å². The van der Waals surface area contributed by atoms with Crippen LogP contribution in [-0.4, -0.2) is 25.3 Å². The molecule has 4 nitrogen and oxygen atoms in total. The minimum Gasteiger partial charge on any atom is -0.491 e. The zero-order chi connectivity index (χ0) is 33.0. The number of hydrogen-bond donors (Lipinski definition) is 0. The largest absolute Gasteiger partial charge is 0.491 e. The molecule has 1 fully saturated rings. The predicted molar refractivity (Wildman–Crippen MR) is 161 cm³/mol. The summed E-state index contributed by atoms with van der Waals surface area (Å²) in [7, 11) is 0. The number of esters is 1. The van der Waals surface area contributed by atoms with Gasteiger partial charge in [-0.15, -0.1) is 0 Å². The number of carbonyl (C=O) groups excluding carboxylic acids is 1. The van der Waals surface area contributed by atoms with E-state index in [1.165, 1.54) is 36.4 Å². The molecule has 0 amide bonds. The standard InChI is InChI=1S/C36H36F6O4/c1-3-19-45-29-18-16-26(32(39)35(29)42)22-9-11-23(12-10-22)46-36(43)27-14-13-24(30(37)33(27)40)20-5-7-21(8-6-20)25-15-17-28(44-4-2)34(41)31(25)38/h9,13-18,20-21,23H,3-8,10-12,19H2,1-2H3. The maximum atomic E-state index is 15.3. The molecule has 0 heterocycles. The molecule has 0 saturated heterocycles. The molecule has 0 N–H and O–H groups in total. The Morgan fingerprint density at radius 3 is 1.89 bits per heavy atom. The fourth-order valence-electron chi connectivity index (χ4n) is 6.36. The van der Waals surface area contributed by atoms with Crippen LogP contribution in [-0.2, 0) is 4.74 Å². The Bertz CT molecular complexity index is 1610. The average molecular weight is 647 g/mol. The molecule has 0 bridgehead atoms. The summed E-state index contributed by atoms with van der Waals surface area (Å²) in [6, 6.07) is 8.33. The maximum Gasteiger partial charge on any atom is 0.341 e. The first-order chi connectivity index (χ1) is 22.1. The van der Waals surface area contributed by atoms with Crippen LogP contribution in [0.2, 0.25) is 0 Å². The Balaban J connectivity index is 1.20. The van der Waals surface area contributed by atoms with Gasteiger partial charge in [-0.25, -0.2) is 22.4 Å². The molecule has 2 aliphatic carbocycles. The normalized spacial score (nSPS) is 19.8. The molecule has 0 spiro atoms. The summed E-state index contributed by atoms with van der Waals surface area (Å²) >= 11 is 0. The van der Waals surface area contributed by atoms with Gasteiger partial charge in [-0.3, -0.25) is 0 Å². The number of ether oxygens (including phenoxy) is 3.